The number of hydrogen-bond acceptors (Lipinski definition) is 4. The minimum Gasteiger partial charge on any atom is -0.497 e. The average Bonchev–Trinajstić information content (AvgIpc) is 2.69. The highest BCUT2D eigenvalue weighted by atomic mass is 16.5. The number of benzene rings is 2. The van der Waals surface area contributed by atoms with Crippen molar-refractivity contribution >= 4 is 17.9 Å². The van der Waals surface area contributed by atoms with Crippen LogP contribution in [0.2, 0.25) is 0 Å². The number of rotatable bonds is 8. The summed E-state index contributed by atoms with van der Waals surface area (Å²) < 4.78 is 16.1. The van der Waals surface area contributed by atoms with Gasteiger partial charge in [0.2, 0.25) is 0 Å². The summed E-state index contributed by atoms with van der Waals surface area (Å²) >= 11 is 0. The molecule has 140 valence electrons. The fourth-order valence-electron chi connectivity index (χ4n) is 2.53. The minimum absolute atomic E-state index is 0.157. The Morgan fingerprint density at radius 3 is 2.15 bits per heavy atom. The highest BCUT2D eigenvalue weighted by Gasteiger charge is 2.16. The van der Waals surface area contributed by atoms with Crippen LogP contribution < -0.4 is 14.2 Å². The number of allylic oxidation sites excluding steroid dienone is 3. The van der Waals surface area contributed by atoms with Gasteiger partial charge in [0.1, 0.15) is 17.2 Å². The Labute approximate surface area is 160 Å². The van der Waals surface area contributed by atoms with Crippen LogP contribution in [-0.2, 0) is 0 Å². The fraction of sp³-hybridized carbons (Fsp3) is 0.174. The molecule has 2 aromatic rings. The van der Waals surface area contributed by atoms with Gasteiger partial charge in [-0.3, -0.25) is 4.79 Å². The Kier molecular flexibility index (Phi) is 7.00. The lowest BCUT2D eigenvalue weighted by Gasteiger charge is -2.13. The molecular weight excluding hydrogens is 340 g/mol. The second kappa shape index (κ2) is 9.43. The highest BCUT2D eigenvalue weighted by molar-refractivity contribution is 6.09. The lowest BCUT2D eigenvalue weighted by molar-refractivity contribution is 0.104. The Morgan fingerprint density at radius 1 is 0.889 bits per heavy atom. The normalized spacial score (nSPS) is 11.0. The summed E-state index contributed by atoms with van der Waals surface area (Å²) in [6.07, 6.45) is 6.97. The molecule has 4 heteroatoms. The van der Waals surface area contributed by atoms with Gasteiger partial charge in [-0.1, -0.05) is 36.4 Å². The van der Waals surface area contributed by atoms with Crippen molar-refractivity contribution in [3.63, 3.8) is 0 Å². The van der Waals surface area contributed by atoms with E-state index in [0.717, 1.165) is 16.9 Å². The monoisotopic (exact) mass is 364 g/mol. The van der Waals surface area contributed by atoms with Crippen molar-refractivity contribution in [2.45, 2.75) is 6.92 Å². The predicted octanol–water partition coefficient (Wildman–Crippen LogP) is 5.20. The molecule has 0 unspecified atom stereocenters. The lowest BCUT2D eigenvalue weighted by atomic mass is 10.0. The second-order valence-electron chi connectivity index (χ2n) is 5.91. The average molecular weight is 364 g/mol. The Balaban J connectivity index is 2.38. The van der Waals surface area contributed by atoms with Gasteiger partial charge in [0.05, 0.1) is 32.5 Å². The van der Waals surface area contributed by atoms with E-state index in [-0.39, 0.29) is 5.78 Å². The first-order chi connectivity index (χ1) is 13.0. The molecule has 0 aliphatic carbocycles. The topological polar surface area (TPSA) is 44.8 Å². The van der Waals surface area contributed by atoms with Gasteiger partial charge < -0.3 is 14.2 Å². The maximum atomic E-state index is 12.7. The van der Waals surface area contributed by atoms with Crippen LogP contribution in [0, 0.1) is 0 Å². The first-order valence-corrected chi connectivity index (χ1v) is 8.45. The summed E-state index contributed by atoms with van der Waals surface area (Å²) in [5, 5.41) is 0. The summed E-state index contributed by atoms with van der Waals surface area (Å²) in [7, 11) is 4.74. The Bertz CT molecular complexity index is 874. The summed E-state index contributed by atoms with van der Waals surface area (Å²) in [6, 6.07) is 10.9. The van der Waals surface area contributed by atoms with Crippen molar-refractivity contribution in [2.75, 3.05) is 21.3 Å². The molecule has 2 aromatic carbocycles. The molecule has 0 saturated heterocycles. The zero-order chi connectivity index (χ0) is 19.8. The number of ketones is 1. The van der Waals surface area contributed by atoms with E-state index >= 15 is 0 Å². The molecule has 0 aromatic heterocycles. The summed E-state index contributed by atoms with van der Waals surface area (Å²) in [5.41, 5.74) is 2.95. The largest absolute Gasteiger partial charge is 0.497 e. The molecule has 0 amide bonds. The van der Waals surface area contributed by atoms with E-state index in [1.165, 1.54) is 13.2 Å². The zero-order valence-corrected chi connectivity index (χ0v) is 16.1. The minimum atomic E-state index is -0.157. The van der Waals surface area contributed by atoms with E-state index in [9.17, 15) is 4.79 Å². The molecule has 0 radical (unpaired) electrons. The number of carbonyl (C=O) groups excluding carboxylic acids is 1. The third-order valence-electron chi connectivity index (χ3n) is 3.92. The Hall–Kier alpha value is -3.27. The van der Waals surface area contributed by atoms with Crippen LogP contribution in [0.3, 0.4) is 0 Å². The number of hydrogen-bond donors (Lipinski definition) is 0. The summed E-state index contributed by atoms with van der Waals surface area (Å²) in [6.45, 7) is 5.75. The molecule has 0 aliphatic rings. The molecule has 2 rings (SSSR count). The highest BCUT2D eigenvalue weighted by Crippen LogP contribution is 2.34. The smallest absolute Gasteiger partial charge is 0.189 e. The van der Waals surface area contributed by atoms with Gasteiger partial charge in [-0.25, -0.2) is 0 Å². The SMILES string of the molecule is C=C(C)/C=C/c1c(OC)ccc(C(=O)/C=C/c2ccc(OC)cc2)c1OC. The van der Waals surface area contributed by atoms with Crippen molar-refractivity contribution in [1.82, 2.24) is 0 Å². The van der Waals surface area contributed by atoms with E-state index in [1.807, 2.05) is 43.3 Å². The van der Waals surface area contributed by atoms with E-state index < -0.39 is 0 Å². The molecule has 0 atom stereocenters. The maximum Gasteiger partial charge on any atom is 0.189 e. The molecule has 0 fully saturated rings. The predicted molar refractivity (Wildman–Crippen MR) is 110 cm³/mol. The zero-order valence-electron chi connectivity index (χ0n) is 16.1. The van der Waals surface area contributed by atoms with E-state index in [2.05, 4.69) is 6.58 Å². The van der Waals surface area contributed by atoms with Gasteiger partial charge in [0.25, 0.3) is 0 Å². The summed E-state index contributed by atoms with van der Waals surface area (Å²) in [4.78, 5) is 12.7. The molecule has 0 bridgehead atoms. The van der Waals surface area contributed by atoms with Gasteiger partial charge in [-0.15, -0.1) is 0 Å². The molecule has 0 heterocycles. The lowest BCUT2D eigenvalue weighted by Crippen LogP contribution is -2.02. The van der Waals surface area contributed by atoms with Gasteiger partial charge in [-0.05, 0) is 48.9 Å². The third kappa shape index (κ3) is 5.11. The molecule has 0 aliphatic heterocycles. The van der Waals surface area contributed by atoms with Crippen LogP contribution in [0.5, 0.6) is 17.2 Å². The molecule has 4 nitrogen and oxygen atoms in total. The second-order valence-corrected chi connectivity index (χ2v) is 5.91. The first kappa shape index (κ1) is 20.0. The molecular formula is C23H24O4. The van der Waals surface area contributed by atoms with Crippen LogP contribution in [0.25, 0.3) is 12.2 Å². The van der Waals surface area contributed by atoms with Crippen molar-refractivity contribution in [3.8, 4) is 17.2 Å². The fourth-order valence-corrected chi connectivity index (χ4v) is 2.53. The van der Waals surface area contributed by atoms with E-state index in [1.54, 1.807) is 32.4 Å². The van der Waals surface area contributed by atoms with Crippen LogP contribution in [0.4, 0.5) is 0 Å². The molecule has 0 N–H and O–H groups in total. The van der Waals surface area contributed by atoms with Crippen LogP contribution in [0.1, 0.15) is 28.4 Å². The van der Waals surface area contributed by atoms with E-state index in [0.29, 0.717) is 22.6 Å². The number of ether oxygens (including phenoxy) is 3. The van der Waals surface area contributed by atoms with Crippen molar-refractivity contribution in [1.29, 1.82) is 0 Å². The number of methoxy groups -OCH3 is 3. The van der Waals surface area contributed by atoms with Crippen molar-refractivity contribution in [2.24, 2.45) is 0 Å². The van der Waals surface area contributed by atoms with Crippen LogP contribution in [-0.4, -0.2) is 27.1 Å². The molecule has 27 heavy (non-hydrogen) atoms. The molecule has 0 spiro atoms. The number of carbonyl (C=O) groups is 1. The van der Waals surface area contributed by atoms with Crippen molar-refractivity contribution < 1.29 is 19.0 Å². The third-order valence-corrected chi connectivity index (χ3v) is 3.92. The van der Waals surface area contributed by atoms with Crippen LogP contribution >= 0.6 is 0 Å². The van der Waals surface area contributed by atoms with Gasteiger partial charge in [0.15, 0.2) is 5.78 Å². The summed E-state index contributed by atoms with van der Waals surface area (Å²) in [5.74, 6) is 1.70. The quantitative estimate of drug-likeness (QED) is 0.367. The van der Waals surface area contributed by atoms with Gasteiger partial charge in [0, 0.05) is 0 Å². The standard InChI is InChI=1S/C23H24O4/c1-16(2)6-12-20-22(26-4)15-13-19(23(20)27-5)21(24)14-9-17-7-10-18(25-3)11-8-17/h6-15H,1H2,2-5H3/b12-6+,14-9+. The maximum absolute atomic E-state index is 12.7. The van der Waals surface area contributed by atoms with Gasteiger partial charge >= 0.3 is 0 Å². The van der Waals surface area contributed by atoms with Crippen molar-refractivity contribution in [3.05, 3.63) is 77.4 Å². The van der Waals surface area contributed by atoms with Crippen LogP contribution in [0.15, 0.2) is 60.7 Å². The van der Waals surface area contributed by atoms with E-state index in [4.69, 9.17) is 14.2 Å². The molecule has 0 saturated carbocycles. The first-order valence-electron chi connectivity index (χ1n) is 8.45. The van der Waals surface area contributed by atoms with Gasteiger partial charge in [-0.2, -0.15) is 0 Å². The Morgan fingerprint density at radius 2 is 1.59 bits per heavy atom.